The third-order valence-electron chi connectivity index (χ3n) is 2.30. The number of allylic oxidation sites excluding steroid dienone is 1. The molecule has 0 aromatic heterocycles. The predicted molar refractivity (Wildman–Crippen MR) is 62.2 cm³/mol. The van der Waals surface area contributed by atoms with Crippen LogP contribution in [0.5, 0.6) is 0 Å². The van der Waals surface area contributed by atoms with E-state index in [1.165, 1.54) is 18.2 Å². The van der Waals surface area contributed by atoms with Gasteiger partial charge in [-0.25, -0.2) is 8.78 Å². The van der Waals surface area contributed by atoms with Crippen LogP contribution in [0.3, 0.4) is 0 Å². The van der Waals surface area contributed by atoms with Crippen molar-refractivity contribution in [3.8, 4) is 0 Å². The van der Waals surface area contributed by atoms with Crippen LogP contribution in [0.2, 0.25) is 0 Å². The zero-order chi connectivity index (χ0) is 12.3. The molecule has 1 aromatic rings. The summed E-state index contributed by atoms with van der Waals surface area (Å²) in [4.78, 5) is 3.96. The van der Waals surface area contributed by atoms with Gasteiger partial charge in [-0.3, -0.25) is 4.99 Å². The zero-order valence-corrected chi connectivity index (χ0v) is 9.62. The van der Waals surface area contributed by atoms with Crippen LogP contribution in [0.25, 0.3) is 0 Å². The summed E-state index contributed by atoms with van der Waals surface area (Å²) in [5, 5.41) is -0.329. The molecule has 2 rings (SSSR count). The molecule has 0 N–H and O–H groups in total. The second-order valence-corrected chi connectivity index (χ2v) is 4.06. The molecule has 1 aromatic carbocycles. The Labute approximate surface area is 103 Å². The minimum atomic E-state index is -0.618. The smallest absolute Gasteiger partial charge is 0.132 e. The normalized spacial score (nSPS) is 19.0. The minimum Gasteiger partial charge on any atom is -0.491 e. The molecule has 17 heavy (non-hydrogen) atoms. The van der Waals surface area contributed by atoms with E-state index in [1.807, 2.05) is 0 Å². The van der Waals surface area contributed by atoms with Crippen molar-refractivity contribution < 1.29 is 13.5 Å². The number of hydrogen-bond acceptors (Lipinski definition) is 2. The fourth-order valence-corrected chi connectivity index (χ4v) is 1.67. The molecule has 0 fully saturated rings. The number of halogens is 3. The van der Waals surface area contributed by atoms with Crippen LogP contribution in [-0.2, 0) is 11.3 Å². The Morgan fingerprint density at radius 3 is 2.71 bits per heavy atom. The van der Waals surface area contributed by atoms with Crippen LogP contribution in [0.1, 0.15) is 5.56 Å². The summed E-state index contributed by atoms with van der Waals surface area (Å²) in [7, 11) is 0. The molecule has 0 bridgehead atoms. The van der Waals surface area contributed by atoms with E-state index in [-0.39, 0.29) is 17.5 Å². The van der Waals surface area contributed by atoms with Crippen LogP contribution >= 0.6 is 11.6 Å². The molecule has 5 heteroatoms. The highest BCUT2D eigenvalue weighted by Crippen LogP contribution is 2.16. The van der Waals surface area contributed by atoms with Gasteiger partial charge >= 0.3 is 0 Å². The lowest BCUT2D eigenvalue weighted by atomic mass is 10.2. The standard InChI is InChI=1S/C12H10ClF2NO/c13-8-4-9(6-16-5-8)17-7-10-11(14)2-1-3-12(10)15/h1-5,8H,6-7H2. The van der Waals surface area contributed by atoms with Gasteiger partial charge in [0.2, 0.25) is 0 Å². The Morgan fingerprint density at radius 2 is 2.06 bits per heavy atom. The molecule has 1 aliphatic rings. The summed E-state index contributed by atoms with van der Waals surface area (Å²) in [6, 6.07) is 3.70. The van der Waals surface area contributed by atoms with E-state index < -0.39 is 11.6 Å². The van der Waals surface area contributed by atoms with Gasteiger partial charge in [-0.1, -0.05) is 6.07 Å². The Hall–Kier alpha value is -1.42. The molecule has 0 saturated heterocycles. The van der Waals surface area contributed by atoms with E-state index in [2.05, 4.69) is 4.99 Å². The van der Waals surface area contributed by atoms with Gasteiger partial charge in [0.1, 0.15) is 24.0 Å². The number of rotatable bonds is 3. The molecule has 1 heterocycles. The van der Waals surface area contributed by atoms with E-state index in [1.54, 1.807) is 12.3 Å². The summed E-state index contributed by atoms with van der Waals surface area (Å²) >= 11 is 5.80. The van der Waals surface area contributed by atoms with Gasteiger partial charge in [-0.2, -0.15) is 0 Å². The number of hydrogen-bond donors (Lipinski definition) is 0. The third kappa shape index (κ3) is 3.03. The monoisotopic (exact) mass is 257 g/mol. The van der Waals surface area contributed by atoms with Crippen LogP contribution in [0.15, 0.2) is 35.0 Å². The van der Waals surface area contributed by atoms with Crippen LogP contribution < -0.4 is 0 Å². The Morgan fingerprint density at radius 1 is 1.35 bits per heavy atom. The van der Waals surface area contributed by atoms with Gasteiger partial charge in [-0.05, 0) is 18.2 Å². The van der Waals surface area contributed by atoms with Crippen molar-refractivity contribution in [2.24, 2.45) is 4.99 Å². The van der Waals surface area contributed by atoms with Crippen molar-refractivity contribution in [2.45, 2.75) is 12.0 Å². The van der Waals surface area contributed by atoms with Crippen molar-refractivity contribution in [1.82, 2.24) is 0 Å². The van der Waals surface area contributed by atoms with Crippen molar-refractivity contribution >= 4 is 17.8 Å². The maximum absolute atomic E-state index is 13.3. The first kappa shape index (κ1) is 12.0. The molecule has 1 atom stereocenters. The van der Waals surface area contributed by atoms with E-state index >= 15 is 0 Å². The van der Waals surface area contributed by atoms with Crippen LogP contribution in [-0.4, -0.2) is 18.1 Å². The molecular formula is C12H10ClF2NO. The lowest BCUT2D eigenvalue weighted by molar-refractivity contribution is 0.187. The lowest BCUT2D eigenvalue weighted by Crippen LogP contribution is -2.09. The topological polar surface area (TPSA) is 21.6 Å². The van der Waals surface area contributed by atoms with E-state index in [9.17, 15) is 8.78 Å². The van der Waals surface area contributed by atoms with Crippen LogP contribution in [0.4, 0.5) is 8.78 Å². The highest BCUT2D eigenvalue weighted by Gasteiger charge is 2.12. The molecular weight excluding hydrogens is 248 g/mol. The fraction of sp³-hybridized carbons (Fsp3) is 0.250. The number of benzene rings is 1. The maximum atomic E-state index is 13.3. The Kier molecular flexibility index (Phi) is 3.74. The molecule has 1 aliphatic heterocycles. The average Bonchev–Trinajstić information content (AvgIpc) is 2.28. The summed E-state index contributed by atoms with van der Waals surface area (Å²) < 4.78 is 31.9. The van der Waals surface area contributed by atoms with Gasteiger partial charge in [0, 0.05) is 6.21 Å². The zero-order valence-electron chi connectivity index (χ0n) is 8.87. The van der Waals surface area contributed by atoms with Gasteiger partial charge in [0.05, 0.1) is 17.5 Å². The number of nitrogens with zero attached hydrogens (tertiary/aromatic N) is 1. The van der Waals surface area contributed by atoms with E-state index in [0.717, 1.165) is 0 Å². The first-order valence-corrected chi connectivity index (χ1v) is 5.51. The molecule has 0 amide bonds. The second-order valence-electron chi connectivity index (χ2n) is 3.56. The van der Waals surface area contributed by atoms with Crippen LogP contribution in [0, 0.1) is 11.6 Å². The fourth-order valence-electron chi connectivity index (χ4n) is 1.45. The average molecular weight is 258 g/mol. The van der Waals surface area contributed by atoms with Crippen molar-refractivity contribution in [1.29, 1.82) is 0 Å². The lowest BCUT2D eigenvalue weighted by Gasteiger charge is -2.13. The highest BCUT2D eigenvalue weighted by molar-refractivity contribution is 6.29. The van der Waals surface area contributed by atoms with Crippen molar-refractivity contribution in [2.75, 3.05) is 6.54 Å². The summed E-state index contributed by atoms with van der Waals surface area (Å²) in [6.45, 7) is 0.183. The summed E-state index contributed by atoms with van der Waals surface area (Å²) in [6.07, 6.45) is 3.24. The SMILES string of the molecule is Fc1cccc(F)c1COC1=CC(Cl)C=NC1. The van der Waals surface area contributed by atoms with Gasteiger partial charge in [0.25, 0.3) is 0 Å². The molecule has 1 unspecified atom stereocenters. The molecule has 90 valence electrons. The first-order valence-electron chi connectivity index (χ1n) is 5.07. The third-order valence-corrected chi connectivity index (χ3v) is 2.54. The highest BCUT2D eigenvalue weighted by atomic mass is 35.5. The maximum Gasteiger partial charge on any atom is 0.132 e. The molecule has 0 spiro atoms. The molecule has 0 aliphatic carbocycles. The Balaban J connectivity index is 2.03. The summed E-state index contributed by atoms with van der Waals surface area (Å²) in [5.41, 5.74) is -0.0888. The van der Waals surface area contributed by atoms with Crippen molar-refractivity contribution in [3.63, 3.8) is 0 Å². The predicted octanol–water partition coefficient (Wildman–Crippen LogP) is 3.06. The summed E-state index contributed by atoms with van der Waals surface area (Å²) in [5.74, 6) is -0.713. The van der Waals surface area contributed by atoms with Gasteiger partial charge in [0.15, 0.2) is 0 Å². The largest absolute Gasteiger partial charge is 0.491 e. The molecule has 0 saturated carbocycles. The number of alkyl halides is 1. The first-order chi connectivity index (χ1) is 8.16. The quantitative estimate of drug-likeness (QED) is 0.763. The molecule has 0 radical (unpaired) electrons. The van der Waals surface area contributed by atoms with E-state index in [4.69, 9.17) is 16.3 Å². The number of dihydropyridines is 1. The van der Waals surface area contributed by atoms with Gasteiger partial charge < -0.3 is 4.74 Å². The van der Waals surface area contributed by atoms with Gasteiger partial charge in [-0.15, -0.1) is 11.6 Å². The Bertz CT molecular complexity index is 453. The number of aliphatic imine (C=N–C) groups is 1. The van der Waals surface area contributed by atoms with Crippen molar-refractivity contribution in [3.05, 3.63) is 47.2 Å². The minimum absolute atomic E-state index is 0.0888. The number of ether oxygens (including phenoxy) is 1. The molecule has 2 nitrogen and oxygen atoms in total. The van der Waals surface area contributed by atoms with E-state index in [0.29, 0.717) is 12.3 Å². The second kappa shape index (κ2) is 5.27.